The summed E-state index contributed by atoms with van der Waals surface area (Å²) in [5, 5.41) is 7.42. The van der Waals surface area contributed by atoms with Crippen LogP contribution in [0.15, 0.2) is 59.8 Å². The standard InChI is InChI=1S/C27H24Cl2FN5O2/c1-15-4-3-5-22(20-12-17(8-10-31-20)26-21(33-27(15)37)14-32-34(26)2)35-11-9-16(13-23(35)36)24-18(28)6-7-19(29)25(24)30/h6-15,22H,3-5H2,1-2H3,(H,33,37). The van der Waals surface area contributed by atoms with Crippen LogP contribution in [-0.4, -0.2) is 25.2 Å². The largest absolute Gasteiger partial charge is 0.323 e. The summed E-state index contributed by atoms with van der Waals surface area (Å²) in [7, 11) is 1.81. The smallest absolute Gasteiger partial charge is 0.251 e. The second-order valence-corrected chi connectivity index (χ2v) is 10.0. The molecule has 10 heteroatoms. The molecule has 1 aromatic carbocycles. The number of aryl methyl sites for hydroxylation is 1. The van der Waals surface area contributed by atoms with Crippen molar-refractivity contribution in [2.75, 3.05) is 5.32 Å². The fourth-order valence-corrected chi connectivity index (χ4v) is 5.19. The van der Waals surface area contributed by atoms with Crippen LogP contribution in [0.2, 0.25) is 10.0 Å². The van der Waals surface area contributed by atoms with Gasteiger partial charge in [0.2, 0.25) is 5.91 Å². The van der Waals surface area contributed by atoms with Gasteiger partial charge in [-0.1, -0.05) is 36.5 Å². The molecule has 4 heterocycles. The van der Waals surface area contributed by atoms with Crippen LogP contribution < -0.4 is 10.9 Å². The maximum absolute atomic E-state index is 14.8. The summed E-state index contributed by atoms with van der Waals surface area (Å²) >= 11 is 12.2. The van der Waals surface area contributed by atoms with E-state index in [0.29, 0.717) is 36.2 Å². The monoisotopic (exact) mass is 539 g/mol. The van der Waals surface area contributed by atoms with Crippen molar-refractivity contribution in [1.82, 2.24) is 19.3 Å². The normalized spacial score (nSPS) is 17.9. The van der Waals surface area contributed by atoms with E-state index in [1.165, 1.54) is 18.2 Å². The van der Waals surface area contributed by atoms with Gasteiger partial charge in [0.25, 0.3) is 5.56 Å². The van der Waals surface area contributed by atoms with Crippen LogP contribution in [0.1, 0.15) is 37.9 Å². The van der Waals surface area contributed by atoms with Crippen molar-refractivity contribution in [3.8, 4) is 22.4 Å². The summed E-state index contributed by atoms with van der Waals surface area (Å²) < 4.78 is 18.0. The predicted molar refractivity (Wildman–Crippen MR) is 142 cm³/mol. The summed E-state index contributed by atoms with van der Waals surface area (Å²) in [5.41, 5.74) is 2.98. The minimum atomic E-state index is -0.675. The molecule has 1 N–H and O–H groups in total. The fourth-order valence-electron chi connectivity index (χ4n) is 4.78. The minimum absolute atomic E-state index is 0.0726. The van der Waals surface area contributed by atoms with E-state index in [4.69, 9.17) is 23.2 Å². The molecule has 0 radical (unpaired) electrons. The van der Waals surface area contributed by atoms with Gasteiger partial charge in [-0.05, 0) is 48.7 Å². The number of rotatable bonds is 2. The number of nitrogens with zero attached hydrogens (tertiary/aromatic N) is 4. The molecule has 0 fully saturated rings. The van der Waals surface area contributed by atoms with Gasteiger partial charge in [-0.2, -0.15) is 5.10 Å². The number of benzene rings is 1. The molecule has 37 heavy (non-hydrogen) atoms. The summed E-state index contributed by atoms with van der Waals surface area (Å²) in [6.45, 7) is 1.88. The molecule has 0 saturated heterocycles. The molecule has 2 bridgehead atoms. The first kappa shape index (κ1) is 25.2. The Hall–Kier alpha value is -3.49. The van der Waals surface area contributed by atoms with E-state index in [-0.39, 0.29) is 33.0 Å². The maximum atomic E-state index is 14.8. The van der Waals surface area contributed by atoms with E-state index in [2.05, 4.69) is 15.4 Å². The van der Waals surface area contributed by atoms with Gasteiger partial charge in [-0.25, -0.2) is 4.39 Å². The Bertz CT molecular complexity index is 1560. The van der Waals surface area contributed by atoms with Gasteiger partial charge >= 0.3 is 0 Å². The van der Waals surface area contributed by atoms with Crippen molar-refractivity contribution in [2.24, 2.45) is 13.0 Å². The van der Waals surface area contributed by atoms with Gasteiger partial charge in [0.1, 0.15) is 0 Å². The Balaban J connectivity index is 1.61. The Kier molecular flexibility index (Phi) is 6.88. The summed E-state index contributed by atoms with van der Waals surface area (Å²) in [5.74, 6) is -0.986. The van der Waals surface area contributed by atoms with Crippen LogP contribution in [0.4, 0.5) is 10.1 Å². The van der Waals surface area contributed by atoms with Crippen molar-refractivity contribution in [3.63, 3.8) is 0 Å². The molecule has 190 valence electrons. The molecule has 2 unspecified atom stereocenters. The van der Waals surface area contributed by atoms with Crippen LogP contribution in [0.3, 0.4) is 0 Å². The average Bonchev–Trinajstić information content (AvgIpc) is 3.24. The minimum Gasteiger partial charge on any atom is -0.323 e. The van der Waals surface area contributed by atoms with Gasteiger partial charge in [0.05, 0.1) is 39.4 Å². The highest BCUT2D eigenvalue weighted by atomic mass is 35.5. The van der Waals surface area contributed by atoms with Crippen molar-refractivity contribution >= 4 is 34.8 Å². The first-order valence-corrected chi connectivity index (χ1v) is 12.7. The van der Waals surface area contributed by atoms with Crippen LogP contribution in [0.25, 0.3) is 22.4 Å². The Morgan fingerprint density at radius 1 is 1.05 bits per heavy atom. The second-order valence-electron chi connectivity index (χ2n) is 9.22. The summed E-state index contributed by atoms with van der Waals surface area (Å²) in [6.07, 6.45) is 6.85. The molecule has 0 spiro atoms. The first-order chi connectivity index (χ1) is 17.7. The van der Waals surface area contributed by atoms with Gasteiger partial charge < -0.3 is 9.88 Å². The van der Waals surface area contributed by atoms with Crippen molar-refractivity contribution in [1.29, 1.82) is 0 Å². The van der Waals surface area contributed by atoms with E-state index < -0.39 is 11.9 Å². The lowest BCUT2D eigenvalue weighted by molar-refractivity contribution is -0.119. The highest BCUT2D eigenvalue weighted by Gasteiger charge is 2.24. The lowest BCUT2D eigenvalue weighted by atomic mass is 9.96. The molecule has 1 amide bonds. The number of nitrogens with one attached hydrogen (secondary N) is 1. The van der Waals surface area contributed by atoms with E-state index in [0.717, 1.165) is 11.3 Å². The van der Waals surface area contributed by atoms with Gasteiger partial charge in [-0.3, -0.25) is 19.3 Å². The maximum Gasteiger partial charge on any atom is 0.251 e. The quantitative estimate of drug-likeness (QED) is 0.312. The molecule has 0 aliphatic carbocycles. The summed E-state index contributed by atoms with van der Waals surface area (Å²) in [6, 6.07) is 9.25. The molecule has 0 saturated carbocycles. The lowest BCUT2D eigenvalue weighted by Crippen LogP contribution is -2.26. The Labute approximate surface area is 222 Å². The number of carbonyl (C=O) groups is 1. The number of aromatic nitrogens is 4. The van der Waals surface area contributed by atoms with Crippen LogP contribution >= 0.6 is 23.2 Å². The van der Waals surface area contributed by atoms with Gasteiger partial charge in [-0.15, -0.1) is 0 Å². The zero-order chi connectivity index (χ0) is 26.3. The predicted octanol–water partition coefficient (Wildman–Crippen LogP) is 6.10. The Morgan fingerprint density at radius 2 is 1.84 bits per heavy atom. The van der Waals surface area contributed by atoms with Gasteiger partial charge in [0, 0.05) is 42.6 Å². The Morgan fingerprint density at radius 3 is 2.62 bits per heavy atom. The van der Waals surface area contributed by atoms with Crippen molar-refractivity contribution in [3.05, 3.63) is 86.9 Å². The van der Waals surface area contributed by atoms with E-state index in [9.17, 15) is 14.0 Å². The average molecular weight is 540 g/mol. The molecular weight excluding hydrogens is 516 g/mol. The van der Waals surface area contributed by atoms with Crippen LogP contribution in [-0.2, 0) is 11.8 Å². The summed E-state index contributed by atoms with van der Waals surface area (Å²) in [4.78, 5) is 30.8. The number of anilines is 1. The van der Waals surface area contributed by atoms with E-state index >= 15 is 0 Å². The number of amides is 1. The number of halogens is 3. The topological polar surface area (TPSA) is 81.8 Å². The van der Waals surface area contributed by atoms with E-state index in [1.807, 2.05) is 19.1 Å². The zero-order valence-electron chi connectivity index (χ0n) is 20.2. The van der Waals surface area contributed by atoms with Crippen molar-refractivity contribution < 1.29 is 9.18 Å². The van der Waals surface area contributed by atoms with Gasteiger partial charge in [0.15, 0.2) is 5.82 Å². The molecular formula is C27H24Cl2FN5O2. The second kappa shape index (κ2) is 10.1. The first-order valence-electron chi connectivity index (χ1n) is 11.9. The fraction of sp³-hybridized carbons (Fsp3) is 0.259. The lowest BCUT2D eigenvalue weighted by Gasteiger charge is -2.22. The number of pyridine rings is 2. The molecule has 1 aliphatic rings. The third-order valence-corrected chi connectivity index (χ3v) is 7.38. The highest BCUT2D eigenvalue weighted by Crippen LogP contribution is 2.35. The third kappa shape index (κ3) is 4.79. The zero-order valence-corrected chi connectivity index (χ0v) is 21.7. The van der Waals surface area contributed by atoms with E-state index in [1.54, 1.807) is 41.0 Å². The number of carbonyl (C=O) groups excluding carboxylic acids is 1. The molecule has 3 aromatic heterocycles. The molecule has 2 atom stereocenters. The number of hydrogen-bond donors (Lipinski definition) is 1. The molecule has 5 rings (SSSR count). The SMILES string of the molecule is CC1CCCC(n2ccc(-c3c(Cl)ccc(Cl)c3F)cc2=O)c2cc(ccn2)-c2c(cnn2C)NC1=O. The van der Waals surface area contributed by atoms with Crippen LogP contribution in [0, 0.1) is 11.7 Å². The number of fused-ring (bicyclic) bond motifs is 4. The molecule has 7 nitrogen and oxygen atoms in total. The molecule has 1 aliphatic heterocycles. The van der Waals surface area contributed by atoms with Crippen LogP contribution in [0.5, 0.6) is 0 Å². The highest BCUT2D eigenvalue weighted by molar-refractivity contribution is 6.35. The number of hydrogen-bond acceptors (Lipinski definition) is 4. The molecule has 4 aromatic rings. The third-order valence-electron chi connectivity index (χ3n) is 6.77. The van der Waals surface area contributed by atoms with Crippen molar-refractivity contribution in [2.45, 2.75) is 32.2 Å².